The van der Waals surface area contributed by atoms with Gasteiger partial charge in [-0.1, -0.05) is 52.0 Å². The molecule has 0 bridgehead atoms. The average molecular weight is 262 g/mol. The van der Waals surface area contributed by atoms with Crippen molar-refractivity contribution in [2.45, 2.75) is 52.0 Å². The first-order valence-electron chi connectivity index (χ1n) is 6.96. The van der Waals surface area contributed by atoms with Crippen LogP contribution in [0.2, 0.25) is 0 Å². The number of benzene rings is 1. The Morgan fingerprint density at radius 1 is 1.26 bits per heavy atom. The number of nitrogens with one attached hydrogen (secondary N) is 1. The summed E-state index contributed by atoms with van der Waals surface area (Å²) in [5, 5.41) is 3.37. The van der Waals surface area contributed by atoms with Crippen molar-refractivity contribution in [1.29, 1.82) is 0 Å². The van der Waals surface area contributed by atoms with Crippen molar-refractivity contribution in [2.75, 3.05) is 6.54 Å². The van der Waals surface area contributed by atoms with E-state index in [0.717, 1.165) is 18.5 Å². The first kappa shape index (κ1) is 15.7. The van der Waals surface area contributed by atoms with Crippen molar-refractivity contribution >= 4 is 5.91 Å². The van der Waals surface area contributed by atoms with Gasteiger partial charge in [-0.2, -0.15) is 0 Å². The van der Waals surface area contributed by atoms with E-state index in [4.69, 9.17) is 5.73 Å². The molecule has 3 N–H and O–H groups in total. The molecule has 19 heavy (non-hydrogen) atoms. The molecule has 1 amide bonds. The third-order valence-corrected chi connectivity index (χ3v) is 3.23. The zero-order chi connectivity index (χ0) is 14.5. The zero-order valence-corrected chi connectivity index (χ0v) is 12.5. The van der Waals surface area contributed by atoms with E-state index in [0.29, 0.717) is 6.42 Å². The molecule has 1 unspecified atom stereocenters. The number of nitrogens with two attached hydrogens (primary N) is 1. The number of primary amides is 1. The Hall–Kier alpha value is -1.35. The normalized spacial score (nSPS) is 13.3. The summed E-state index contributed by atoms with van der Waals surface area (Å²) in [4.78, 5) is 11.2. The van der Waals surface area contributed by atoms with Gasteiger partial charge in [0.1, 0.15) is 0 Å². The zero-order valence-electron chi connectivity index (χ0n) is 12.5. The van der Waals surface area contributed by atoms with Crippen LogP contribution in [-0.2, 0) is 10.2 Å². The predicted molar refractivity (Wildman–Crippen MR) is 80.0 cm³/mol. The molecule has 0 radical (unpaired) electrons. The van der Waals surface area contributed by atoms with Gasteiger partial charge in [0, 0.05) is 12.5 Å². The highest BCUT2D eigenvalue weighted by atomic mass is 16.1. The van der Waals surface area contributed by atoms with Crippen LogP contribution >= 0.6 is 0 Å². The van der Waals surface area contributed by atoms with Crippen LogP contribution in [-0.4, -0.2) is 12.5 Å². The van der Waals surface area contributed by atoms with Crippen LogP contribution in [0.25, 0.3) is 0 Å². The fraction of sp³-hybridized carbons (Fsp3) is 0.562. The van der Waals surface area contributed by atoms with Crippen molar-refractivity contribution in [3.8, 4) is 0 Å². The van der Waals surface area contributed by atoms with Crippen molar-refractivity contribution < 1.29 is 4.79 Å². The molecule has 1 atom stereocenters. The standard InChI is InChI=1S/C16H26N2O/c1-5-10-18-14(11-15(17)19)12-6-8-13(9-7-12)16(2,3)4/h6-9,14,18H,5,10-11H2,1-4H3,(H2,17,19). The molecule has 0 aliphatic rings. The SMILES string of the molecule is CCCNC(CC(N)=O)c1ccc(C(C)(C)C)cc1. The highest BCUT2D eigenvalue weighted by Crippen LogP contribution is 2.24. The smallest absolute Gasteiger partial charge is 0.219 e. The molecule has 0 saturated carbocycles. The van der Waals surface area contributed by atoms with Crippen LogP contribution in [0.3, 0.4) is 0 Å². The van der Waals surface area contributed by atoms with Gasteiger partial charge < -0.3 is 11.1 Å². The van der Waals surface area contributed by atoms with E-state index in [1.54, 1.807) is 0 Å². The van der Waals surface area contributed by atoms with Crippen molar-refractivity contribution in [3.63, 3.8) is 0 Å². The lowest BCUT2D eigenvalue weighted by molar-refractivity contribution is -0.118. The maximum Gasteiger partial charge on any atom is 0.219 e. The number of carbonyl (C=O) groups is 1. The van der Waals surface area contributed by atoms with Crippen molar-refractivity contribution in [2.24, 2.45) is 5.73 Å². The first-order valence-corrected chi connectivity index (χ1v) is 6.96. The lowest BCUT2D eigenvalue weighted by Crippen LogP contribution is -2.27. The second-order valence-electron chi connectivity index (χ2n) is 6.05. The molecule has 106 valence electrons. The molecule has 0 fully saturated rings. The summed E-state index contributed by atoms with van der Waals surface area (Å²) in [5.41, 5.74) is 7.89. The van der Waals surface area contributed by atoms with Crippen LogP contribution in [0, 0.1) is 0 Å². The largest absolute Gasteiger partial charge is 0.370 e. The lowest BCUT2D eigenvalue weighted by atomic mass is 9.86. The minimum Gasteiger partial charge on any atom is -0.370 e. The van der Waals surface area contributed by atoms with Gasteiger partial charge in [-0.3, -0.25) is 4.79 Å². The van der Waals surface area contributed by atoms with Crippen molar-refractivity contribution in [1.82, 2.24) is 5.32 Å². The predicted octanol–water partition coefficient (Wildman–Crippen LogP) is 2.90. The lowest BCUT2D eigenvalue weighted by Gasteiger charge is -2.22. The molecular weight excluding hydrogens is 236 g/mol. The molecule has 3 heteroatoms. The number of carbonyl (C=O) groups excluding carboxylic acids is 1. The first-order chi connectivity index (χ1) is 8.84. The maximum absolute atomic E-state index is 11.2. The van der Waals surface area contributed by atoms with E-state index in [-0.39, 0.29) is 17.4 Å². The van der Waals surface area contributed by atoms with Gasteiger partial charge >= 0.3 is 0 Å². The third kappa shape index (κ3) is 5.03. The highest BCUT2D eigenvalue weighted by Gasteiger charge is 2.16. The van der Waals surface area contributed by atoms with Crippen LogP contribution < -0.4 is 11.1 Å². The molecule has 0 aliphatic heterocycles. The van der Waals surface area contributed by atoms with Crippen molar-refractivity contribution in [3.05, 3.63) is 35.4 Å². The van der Waals surface area contributed by atoms with Gasteiger partial charge in [-0.05, 0) is 29.5 Å². The van der Waals surface area contributed by atoms with Gasteiger partial charge in [-0.25, -0.2) is 0 Å². The van der Waals surface area contributed by atoms with Crippen LogP contribution in [0.5, 0.6) is 0 Å². The Balaban J connectivity index is 2.87. The second-order valence-corrected chi connectivity index (χ2v) is 6.05. The minimum atomic E-state index is -0.270. The van der Waals surface area contributed by atoms with Gasteiger partial charge in [0.25, 0.3) is 0 Å². The molecular formula is C16H26N2O. The summed E-state index contributed by atoms with van der Waals surface area (Å²) in [5.74, 6) is -0.270. The fourth-order valence-electron chi connectivity index (χ4n) is 2.04. The molecule has 0 aromatic heterocycles. The van der Waals surface area contributed by atoms with Crippen LogP contribution in [0.1, 0.15) is 57.7 Å². The van der Waals surface area contributed by atoms with E-state index in [2.05, 4.69) is 57.3 Å². The Labute approximate surface area is 116 Å². The monoisotopic (exact) mass is 262 g/mol. The molecule has 3 nitrogen and oxygen atoms in total. The Kier molecular flexibility index (Phi) is 5.55. The van der Waals surface area contributed by atoms with E-state index in [9.17, 15) is 4.79 Å². The maximum atomic E-state index is 11.2. The molecule has 1 aromatic carbocycles. The van der Waals surface area contributed by atoms with E-state index >= 15 is 0 Å². The average Bonchev–Trinajstić information content (AvgIpc) is 2.33. The molecule has 1 aromatic rings. The minimum absolute atomic E-state index is 0.0199. The van der Waals surface area contributed by atoms with Gasteiger partial charge in [0.15, 0.2) is 0 Å². The number of hydrogen-bond donors (Lipinski definition) is 2. The Morgan fingerprint density at radius 3 is 2.26 bits per heavy atom. The topological polar surface area (TPSA) is 55.1 Å². The van der Waals surface area contributed by atoms with E-state index in [1.165, 1.54) is 5.56 Å². The summed E-state index contributed by atoms with van der Waals surface area (Å²) in [6.45, 7) is 9.57. The Morgan fingerprint density at radius 2 is 1.84 bits per heavy atom. The number of hydrogen-bond acceptors (Lipinski definition) is 2. The van der Waals surface area contributed by atoms with E-state index < -0.39 is 0 Å². The summed E-state index contributed by atoms with van der Waals surface area (Å²) in [6.07, 6.45) is 1.38. The summed E-state index contributed by atoms with van der Waals surface area (Å²) in [6, 6.07) is 8.48. The summed E-state index contributed by atoms with van der Waals surface area (Å²) in [7, 11) is 0. The molecule has 0 saturated heterocycles. The highest BCUT2D eigenvalue weighted by molar-refractivity contribution is 5.74. The number of rotatable bonds is 6. The fourth-order valence-corrected chi connectivity index (χ4v) is 2.04. The van der Waals surface area contributed by atoms with Crippen LogP contribution in [0.4, 0.5) is 0 Å². The third-order valence-electron chi connectivity index (χ3n) is 3.23. The van der Waals surface area contributed by atoms with Crippen LogP contribution in [0.15, 0.2) is 24.3 Å². The molecule has 1 rings (SSSR count). The Bertz CT molecular complexity index is 404. The molecule has 0 spiro atoms. The molecule has 0 aliphatic carbocycles. The summed E-state index contributed by atoms with van der Waals surface area (Å²) >= 11 is 0. The quantitative estimate of drug-likeness (QED) is 0.828. The number of amides is 1. The second kappa shape index (κ2) is 6.71. The van der Waals surface area contributed by atoms with Gasteiger partial charge in [0.2, 0.25) is 5.91 Å². The van der Waals surface area contributed by atoms with Gasteiger partial charge in [-0.15, -0.1) is 0 Å². The molecule has 0 heterocycles. The van der Waals surface area contributed by atoms with Gasteiger partial charge in [0.05, 0.1) is 0 Å². The van der Waals surface area contributed by atoms with E-state index in [1.807, 2.05) is 0 Å². The summed E-state index contributed by atoms with van der Waals surface area (Å²) < 4.78 is 0.